The minimum absolute atomic E-state index is 0.258. The van der Waals surface area contributed by atoms with Gasteiger partial charge in [0.1, 0.15) is 5.60 Å². The zero-order valence-electron chi connectivity index (χ0n) is 12.9. The fourth-order valence-corrected chi connectivity index (χ4v) is 4.19. The lowest BCUT2D eigenvalue weighted by molar-refractivity contribution is -0.0660. The number of nitrogens with zero attached hydrogens (tertiary/aromatic N) is 1. The third-order valence-electron chi connectivity index (χ3n) is 5.39. The van der Waals surface area contributed by atoms with Gasteiger partial charge in [-0.2, -0.15) is 0 Å². The molecule has 1 aliphatic heterocycles. The van der Waals surface area contributed by atoms with Gasteiger partial charge in [-0.3, -0.25) is 0 Å². The fourth-order valence-electron chi connectivity index (χ4n) is 4.19. The summed E-state index contributed by atoms with van der Waals surface area (Å²) in [5.41, 5.74) is 0.163. The molecule has 1 amide bonds. The number of ether oxygens (including phenoxy) is 1. The maximum atomic E-state index is 12.1. The lowest BCUT2D eigenvalue weighted by atomic mass is 9.49. The van der Waals surface area contributed by atoms with Crippen molar-refractivity contribution >= 4 is 6.09 Å². The molecule has 3 fully saturated rings. The van der Waals surface area contributed by atoms with Crippen LogP contribution in [0.15, 0.2) is 0 Å². The molecule has 1 heterocycles. The summed E-state index contributed by atoms with van der Waals surface area (Å²) in [4.78, 5) is 13.8. The zero-order chi connectivity index (χ0) is 14.5. The minimum atomic E-state index is -0.466. The van der Waals surface area contributed by atoms with Crippen LogP contribution in [0.3, 0.4) is 0 Å². The van der Waals surface area contributed by atoms with Crippen LogP contribution in [0.4, 0.5) is 4.79 Å². The average molecular weight is 281 g/mol. The normalized spacial score (nSPS) is 32.9. The molecule has 2 aliphatic carbocycles. The number of β-amino-alcohol motifs (C(OH)–C–C–N with tert-alkyl or cyclic N) is 1. The number of hydrogen-bond donors (Lipinski definition) is 1. The molecule has 2 atom stereocenters. The molecule has 0 aromatic heterocycles. The summed E-state index contributed by atoms with van der Waals surface area (Å²) in [6, 6.07) is 0. The predicted octanol–water partition coefficient (Wildman–Crippen LogP) is 2.79. The summed E-state index contributed by atoms with van der Waals surface area (Å²) in [7, 11) is 0. The number of rotatable bonds is 1. The molecule has 0 radical (unpaired) electrons. The molecule has 3 aliphatic rings. The number of likely N-dealkylation sites (tertiary alicyclic amines) is 1. The number of amides is 1. The van der Waals surface area contributed by atoms with Crippen LogP contribution in [0.25, 0.3) is 0 Å². The topological polar surface area (TPSA) is 49.8 Å². The molecule has 20 heavy (non-hydrogen) atoms. The maximum Gasteiger partial charge on any atom is 0.410 e. The Balaban J connectivity index is 1.53. The van der Waals surface area contributed by atoms with Crippen LogP contribution in [0.2, 0.25) is 0 Å². The monoisotopic (exact) mass is 281 g/mol. The van der Waals surface area contributed by atoms with E-state index in [0.29, 0.717) is 24.4 Å². The van der Waals surface area contributed by atoms with Gasteiger partial charge in [-0.25, -0.2) is 4.79 Å². The molecule has 2 saturated carbocycles. The summed E-state index contributed by atoms with van der Waals surface area (Å²) in [6.45, 7) is 6.73. The van der Waals surface area contributed by atoms with E-state index in [1.165, 1.54) is 32.1 Å². The number of aliphatic hydroxyl groups is 1. The standard InChI is InChI=1S/C16H27NO3/c1-15(2,3)20-14(19)17-9-12(13(18)10-17)11-7-16(8-11)5-4-6-16/h11-13,18H,4-10H2,1-3H3/t12-,13+/m1/s1. The number of carbonyl (C=O) groups is 1. The van der Waals surface area contributed by atoms with Crippen LogP contribution in [0.1, 0.15) is 52.9 Å². The highest BCUT2D eigenvalue weighted by atomic mass is 16.6. The van der Waals surface area contributed by atoms with Gasteiger partial charge in [0.2, 0.25) is 0 Å². The largest absolute Gasteiger partial charge is 0.444 e. The molecule has 114 valence electrons. The molecule has 0 unspecified atom stereocenters. The summed E-state index contributed by atoms with van der Waals surface area (Å²) in [5.74, 6) is 0.867. The van der Waals surface area contributed by atoms with Crippen molar-refractivity contribution in [3.63, 3.8) is 0 Å². The first-order chi connectivity index (χ1) is 9.28. The van der Waals surface area contributed by atoms with Crippen molar-refractivity contribution in [2.24, 2.45) is 17.3 Å². The zero-order valence-corrected chi connectivity index (χ0v) is 12.9. The third kappa shape index (κ3) is 2.54. The Hall–Kier alpha value is -0.770. The van der Waals surface area contributed by atoms with E-state index in [-0.39, 0.29) is 18.1 Å². The van der Waals surface area contributed by atoms with Crippen molar-refractivity contribution in [3.8, 4) is 0 Å². The summed E-state index contributed by atoms with van der Waals surface area (Å²) in [6.07, 6.45) is 6.00. The molecule has 0 aromatic carbocycles. The Bertz CT molecular complexity index is 389. The van der Waals surface area contributed by atoms with Gasteiger partial charge in [0.05, 0.1) is 12.6 Å². The molecule has 4 heteroatoms. The van der Waals surface area contributed by atoms with E-state index in [1.54, 1.807) is 4.90 Å². The van der Waals surface area contributed by atoms with Crippen molar-refractivity contribution < 1.29 is 14.6 Å². The Morgan fingerprint density at radius 3 is 2.40 bits per heavy atom. The summed E-state index contributed by atoms with van der Waals surface area (Å²) < 4.78 is 5.40. The first kappa shape index (κ1) is 14.2. The van der Waals surface area contributed by atoms with E-state index in [9.17, 15) is 9.90 Å². The lowest BCUT2D eigenvalue weighted by Crippen LogP contribution is -2.47. The third-order valence-corrected chi connectivity index (χ3v) is 5.39. The van der Waals surface area contributed by atoms with Gasteiger partial charge in [0, 0.05) is 12.5 Å². The van der Waals surface area contributed by atoms with Gasteiger partial charge in [-0.05, 0) is 57.8 Å². The molecular weight excluding hydrogens is 254 g/mol. The van der Waals surface area contributed by atoms with E-state index in [4.69, 9.17) is 4.74 Å². The molecule has 0 bridgehead atoms. The molecule has 4 nitrogen and oxygen atoms in total. The maximum absolute atomic E-state index is 12.1. The molecule has 1 saturated heterocycles. The van der Waals surface area contributed by atoms with E-state index in [0.717, 1.165) is 0 Å². The SMILES string of the molecule is CC(C)(C)OC(=O)N1C[C@H](C2CC3(CCC3)C2)[C@@H](O)C1. The van der Waals surface area contributed by atoms with Gasteiger partial charge < -0.3 is 14.7 Å². The molecule has 1 N–H and O–H groups in total. The highest BCUT2D eigenvalue weighted by molar-refractivity contribution is 5.68. The molecule has 1 spiro atoms. The van der Waals surface area contributed by atoms with Gasteiger partial charge in [0.25, 0.3) is 0 Å². The van der Waals surface area contributed by atoms with Gasteiger partial charge in [0.15, 0.2) is 0 Å². The van der Waals surface area contributed by atoms with Crippen LogP contribution in [0, 0.1) is 17.3 Å². The van der Waals surface area contributed by atoms with Crippen LogP contribution < -0.4 is 0 Å². The fraction of sp³-hybridized carbons (Fsp3) is 0.938. The van der Waals surface area contributed by atoms with Crippen LogP contribution >= 0.6 is 0 Å². The van der Waals surface area contributed by atoms with Gasteiger partial charge in [-0.15, -0.1) is 0 Å². The average Bonchev–Trinajstić information content (AvgIpc) is 2.54. The highest BCUT2D eigenvalue weighted by Crippen LogP contribution is 2.61. The van der Waals surface area contributed by atoms with Crippen LogP contribution in [-0.4, -0.2) is 40.9 Å². The van der Waals surface area contributed by atoms with E-state index in [1.807, 2.05) is 20.8 Å². The number of aliphatic hydroxyl groups excluding tert-OH is 1. The van der Waals surface area contributed by atoms with Crippen molar-refractivity contribution in [2.75, 3.05) is 13.1 Å². The quantitative estimate of drug-likeness (QED) is 0.804. The molecule has 3 rings (SSSR count). The molecule has 0 aromatic rings. The first-order valence-electron chi connectivity index (χ1n) is 7.94. The van der Waals surface area contributed by atoms with E-state index in [2.05, 4.69) is 0 Å². The second kappa shape index (κ2) is 4.62. The van der Waals surface area contributed by atoms with Crippen molar-refractivity contribution in [3.05, 3.63) is 0 Å². The Morgan fingerprint density at radius 1 is 1.25 bits per heavy atom. The summed E-state index contributed by atoms with van der Waals surface area (Å²) in [5, 5.41) is 10.3. The van der Waals surface area contributed by atoms with E-state index < -0.39 is 5.60 Å². The second-order valence-corrected chi connectivity index (χ2v) is 8.14. The molecular formula is C16H27NO3. The number of hydrogen-bond acceptors (Lipinski definition) is 3. The van der Waals surface area contributed by atoms with Crippen LogP contribution in [0.5, 0.6) is 0 Å². The van der Waals surface area contributed by atoms with Crippen LogP contribution in [-0.2, 0) is 4.74 Å². The van der Waals surface area contributed by atoms with E-state index >= 15 is 0 Å². The Labute approximate surface area is 121 Å². The smallest absolute Gasteiger partial charge is 0.410 e. The first-order valence-corrected chi connectivity index (χ1v) is 7.94. The number of carbonyl (C=O) groups excluding carboxylic acids is 1. The summed E-state index contributed by atoms with van der Waals surface area (Å²) >= 11 is 0. The van der Waals surface area contributed by atoms with Gasteiger partial charge in [-0.1, -0.05) is 6.42 Å². The van der Waals surface area contributed by atoms with Crippen molar-refractivity contribution in [1.29, 1.82) is 0 Å². The van der Waals surface area contributed by atoms with Crippen molar-refractivity contribution in [1.82, 2.24) is 4.90 Å². The minimum Gasteiger partial charge on any atom is -0.444 e. The van der Waals surface area contributed by atoms with Gasteiger partial charge >= 0.3 is 6.09 Å². The Kier molecular flexibility index (Phi) is 3.27. The second-order valence-electron chi connectivity index (χ2n) is 8.14. The lowest BCUT2D eigenvalue weighted by Gasteiger charge is -2.56. The van der Waals surface area contributed by atoms with Crippen molar-refractivity contribution in [2.45, 2.75) is 64.6 Å². The predicted molar refractivity (Wildman–Crippen MR) is 76.3 cm³/mol. The Morgan fingerprint density at radius 2 is 1.90 bits per heavy atom. The highest BCUT2D eigenvalue weighted by Gasteiger charge is 2.53.